The van der Waals surface area contributed by atoms with Gasteiger partial charge in [0.2, 0.25) is 5.76 Å². The molecule has 0 bridgehead atoms. The predicted molar refractivity (Wildman–Crippen MR) is 36.4 cm³/mol. The van der Waals surface area contributed by atoms with Gasteiger partial charge in [0.1, 0.15) is 0 Å². The molecule has 1 amide bonds. The number of carbonyl (C=O) groups excluding carboxylic acids is 2. The van der Waals surface area contributed by atoms with Crippen molar-refractivity contribution in [2.75, 3.05) is 7.11 Å². The second kappa shape index (κ2) is 3.04. The molecular formula is C6H6N2O4. The molecule has 1 aromatic rings. The van der Waals surface area contributed by atoms with Crippen molar-refractivity contribution in [1.29, 1.82) is 0 Å². The van der Waals surface area contributed by atoms with Gasteiger partial charge in [0.05, 0.1) is 7.11 Å². The molecule has 1 aromatic heterocycles. The normalized spacial score (nSPS) is 9.42. The lowest BCUT2D eigenvalue weighted by Crippen LogP contribution is -2.10. The van der Waals surface area contributed by atoms with Crippen LogP contribution < -0.4 is 5.73 Å². The molecule has 12 heavy (non-hydrogen) atoms. The maximum atomic E-state index is 10.7. The van der Waals surface area contributed by atoms with Crippen molar-refractivity contribution >= 4 is 11.9 Å². The van der Waals surface area contributed by atoms with Gasteiger partial charge in [-0.05, 0) is 0 Å². The van der Waals surface area contributed by atoms with Crippen LogP contribution in [0, 0.1) is 0 Å². The highest BCUT2D eigenvalue weighted by atomic mass is 16.5. The number of nitrogens with two attached hydrogens (primary N) is 1. The standard InChI is InChI=1S/C6H6N2O4/c1-11-6(10)4-2-3(5(7)9)8-12-4/h2H,1H3,(H2,7,9). The molecule has 1 rings (SSSR count). The van der Waals surface area contributed by atoms with Crippen molar-refractivity contribution in [1.82, 2.24) is 5.16 Å². The SMILES string of the molecule is COC(=O)c1cc(C(N)=O)no1. The Hall–Kier alpha value is -1.85. The van der Waals surface area contributed by atoms with Crippen molar-refractivity contribution in [3.05, 3.63) is 17.5 Å². The maximum Gasteiger partial charge on any atom is 0.376 e. The number of amides is 1. The fourth-order valence-electron chi connectivity index (χ4n) is 0.588. The molecule has 64 valence electrons. The topological polar surface area (TPSA) is 95.4 Å². The van der Waals surface area contributed by atoms with E-state index in [9.17, 15) is 9.59 Å². The highest BCUT2D eigenvalue weighted by Crippen LogP contribution is 2.03. The Balaban J connectivity index is 2.91. The Labute approximate surface area is 67.3 Å². The number of carbonyl (C=O) groups is 2. The zero-order valence-corrected chi connectivity index (χ0v) is 6.23. The van der Waals surface area contributed by atoms with E-state index in [4.69, 9.17) is 5.73 Å². The Bertz CT molecular complexity index is 317. The van der Waals surface area contributed by atoms with Crippen LogP contribution in [0.5, 0.6) is 0 Å². The molecule has 0 fully saturated rings. The van der Waals surface area contributed by atoms with E-state index in [1.807, 2.05) is 0 Å². The first-order valence-electron chi connectivity index (χ1n) is 3.00. The van der Waals surface area contributed by atoms with E-state index in [1.54, 1.807) is 0 Å². The second-order valence-corrected chi connectivity index (χ2v) is 1.93. The van der Waals surface area contributed by atoms with Gasteiger partial charge in [-0.25, -0.2) is 4.79 Å². The number of ether oxygens (including phenoxy) is 1. The lowest BCUT2D eigenvalue weighted by atomic mass is 10.3. The first kappa shape index (κ1) is 8.25. The Morgan fingerprint density at radius 1 is 1.67 bits per heavy atom. The quantitative estimate of drug-likeness (QED) is 0.607. The van der Waals surface area contributed by atoms with E-state index in [0.29, 0.717) is 0 Å². The summed E-state index contributed by atoms with van der Waals surface area (Å²) in [6, 6.07) is 1.12. The molecule has 0 saturated heterocycles. The van der Waals surface area contributed by atoms with Crippen LogP contribution in [0.2, 0.25) is 0 Å². The van der Waals surface area contributed by atoms with Crippen LogP contribution in [0.25, 0.3) is 0 Å². The summed E-state index contributed by atoms with van der Waals surface area (Å²) in [6.45, 7) is 0. The van der Waals surface area contributed by atoms with Crippen LogP contribution in [0.4, 0.5) is 0 Å². The highest BCUT2D eigenvalue weighted by molar-refractivity contribution is 5.94. The van der Waals surface area contributed by atoms with E-state index >= 15 is 0 Å². The van der Waals surface area contributed by atoms with Crippen LogP contribution in [-0.2, 0) is 4.74 Å². The Morgan fingerprint density at radius 2 is 2.33 bits per heavy atom. The van der Waals surface area contributed by atoms with Gasteiger partial charge in [0.15, 0.2) is 5.69 Å². The van der Waals surface area contributed by atoms with Crippen LogP contribution in [0.1, 0.15) is 21.0 Å². The van der Waals surface area contributed by atoms with Gasteiger partial charge < -0.3 is 15.0 Å². The highest BCUT2D eigenvalue weighted by Gasteiger charge is 2.15. The van der Waals surface area contributed by atoms with Gasteiger partial charge in [-0.3, -0.25) is 4.79 Å². The third-order valence-electron chi connectivity index (χ3n) is 1.15. The lowest BCUT2D eigenvalue weighted by Gasteiger charge is -1.88. The summed E-state index contributed by atoms with van der Waals surface area (Å²) < 4.78 is 8.76. The van der Waals surface area contributed by atoms with Gasteiger partial charge >= 0.3 is 5.97 Å². The monoisotopic (exact) mass is 170 g/mol. The largest absolute Gasteiger partial charge is 0.463 e. The first-order valence-corrected chi connectivity index (χ1v) is 3.00. The fourth-order valence-corrected chi connectivity index (χ4v) is 0.588. The van der Waals surface area contributed by atoms with Crippen molar-refractivity contribution in [2.45, 2.75) is 0 Å². The molecule has 0 radical (unpaired) electrons. The third kappa shape index (κ3) is 1.42. The summed E-state index contributed by atoms with van der Waals surface area (Å²) in [5.41, 5.74) is 4.75. The van der Waals surface area contributed by atoms with E-state index in [2.05, 4.69) is 14.4 Å². The zero-order chi connectivity index (χ0) is 9.14. The lowest BCUT2D eigenvalue weighted by molar-refractivity contribution is 0.0554. The number of hydrogen-bond acceptors (Lipinski definition) is 5. The molecule has 1 heterocycles. The van der Waals surface area contributed by atoms with E-state index in [0.717, 1.165) is 6.07 Å². The van der Waals surface area contributed by atoms with Gasteiger partial charge in [-0.1, -0.05) is 5.16 Å². The molecule has 6 nitrogen and oxygen atoms in total. The number of primary amides is 1. The van der Waals surface area contributed by atoms with Crippen molar-refractivity contribution in [3.63, 3.8) is 0 Å². The average molecular weight is 170 g/mol. The summed E-state index contributed by atoms with van der Waals surface area (Å²) in [4.78, 5) is 21.2. The number of rotatable bonds is 2. The van der Waals surface area contributed by atoms with E-state index in [1.165, 1.54) is 7.11 Å². The predicted octanol–water partition coefficient (Wildman–Crippen LogP) is -0.440. The van der Waals surface area contributed by atoms with Crippen molar-refractivity contribution in [3.8, 4) is 0 Å². The summed E-state index contributed by atoms with van der Waals surface area (Å²) in [6.07, 6.45) is 0. The third-order valence-corrected chi connectivity index (χ3v) is 1.15. The van der Waals surface area contributed by atoms with Crippen LogP contribution >= 0.6 is 0 Å². The molecular weight excluding hydrogens is 164 g/mol. The minimum Gasteiger partial charge on any atom is -0.463 e. The molecule has 0 aliphatic carbocycles. The minimum absolute atomic E-state index is 0.101. The number of methoxy groups -OCH3 is 1. The summed E-state index contributed by atoms with van der Waals surface area (Å²) >= 11 is 0. The molecule has 0 unspecified atom stereocenters. The maximum absolute atomic E-state index is 10.7. The molecule has 0 aliphatic heterocycles. The number of nitrogens with zero attached hydrogens (tertiary/aromatic N) is 1. The van der Waals surface area contributed by atoms with Crippen LogP contribution in [0.15, 0.2) is 10.6 Å². The molecule has 0 aliphatic rings. The number of aromatic nitrogens is 1. The molecule has 2 N–H and O–H groups in total. The summed E-state index contributed by atoms with van der Waals surface area (Å²) in [5.74, 6) is -1.60. The molecule has 0 saturated carbocycles. The van der Waals surface area contributed by atoms with E-state index < -0.39 is 11.9 Å². The van der Waals surface area contributed by atoms with Crippen molar-refractivity contribution in [2.24, 2.45) is 5.73 Å². The van der Waals surface area contributed by atoms with Crippen LogP contribution in [-0.4, -0.2) is 24.1 Å². The van der Waals surface area contributed by atoms with Crippen molar-refractivity contribution < 1.29 is 18.8 Å². The number of hydrogen-bond donors (Lipinski definition) is 1. The van der Waals surface area contributed by atoms with Gasteiger partial charge in [-0.2, -0.15) is 0 Å². The molecule has 0 atom stereocenters. The second-order valence-electron chi connectivity index (χ2n) is 1.93. The molecule has 0 spiro atoms. The summed E-state index contributed by atoms with van der Waals surface area (Å²) in [5, 5.41) is 3.23. The summed E-state index contributed by atoms with van der Waals surface area (Å²) in [7, 11) is 1.19. The van der Waals surface area contributed by atoms with Gasteiger partial charge in [0, 0.05) is 6.07 Å². The number of esters is 1. The van der Waals surface area contributed by atoms with Crippen LogP contribution in [0.3, 0.4) is 0 Å². The van der Waals surface area contributed by atoms with E-state index in [-0.39, 0.29) is 11.5 Å². The van der Waals surface area contributed by atoms with Gasteiger partial charge in [-0.15, -0.1) is 0 Å². The molecule has 6 heteroatoms. The Kier molecular flexibility index (Phi) is 2.09. The average Bonchev–Trinajstić information content (AvgIpc) is 2.51. The Morgan fingerprint density at radius 3 is 2.75 bits per heavy atom. The zero-order valence-electron chi connectivity index (χ0n) is 6.23. The van der Waals surface area contributed by atoms with Gasteiger partial charge in [0.25, 0.3) is 5.91 Å². The minimum atomic E-state index is -0.756. The fraction of sp³-hybridized carbons (Fsp3) is 0.167. The smallest absolute Gasteiger partial charge is 0.376 e. The first-order chi connectivity index (χ1) is 5.65. The molecule has 0 aromatic carbocycles.